The number of rotatable bonds is 5. The Kier molecular flexibility index (Phi) is 5.20. The van der Waals surface area contributed by atoms with Gasteiger partial charge in [-0.3, -0.25) is 0 Å². The molecule has 5 nitrogen and oxygen atoms in total. The number of anilines is 1. The van der Waals surface area contributed by atoms with E-state index < -0.39 is 6.04 Å². The molecule has 122 valence electrons. The van der Waals surface area contributed by atoms with Crippen LogP contribution in [-0.2, 0) is 0 Å². The van der Waals surface area contributed by atoms with Crippen molar-refractivity contribution < 1.29 is 9.90 Å². The molecule has 0 fully saturated rings. The van der Waals surface area contributed by atoms with Crippen molar-refractivity contribution in [2.45, 2.75) is 6.04 Å². The molecule has 0 aliphatic rings. The second-order valence-electron chi connectivity index (χ2n) is 5.16. The summed E-state index contributed by atoms with van der Waals surface area (Å²) in [5.74, 6) is 0. The van der Waals surface area contributed by atoms with Crippen LogP contribution in [0.4, 0.5) is 10.5 Å². The number of carbonyl (C=O) groups excluding carboxylic acids is 1. The van der Waals surface area contributed by atoms with E-state index in [-0.39, 0.29) is 12.6 Å². The van der Waals surface area contributed by atoms with Gasteiger partial charge >= 0.3 is 6.03 Å². The lowest BCUT2D eigenvalue weighted by atomic mass is 10.1. The summed E-state index contributed by atoms with van der Waals surface area (Å²) in [7, 11) is 0. The number of hydrogen-bond acceptors (Lipinski definition) is 4. The first-order valence-corrected chi connectivity index (χ1v) is 8.37. The molecule has 1 heterocycles. The number of aliphatic hydroxyl groups excluding tert-OH is 1. The van der Waals surface area contributed by atoms with Crippen molar-refractivity contribution in [3.8, 4) is 10.6 Å². The average Bonchev–Trinajstić information content (AvgIpc) is 3.15. The van der Waals surface area contributed by atoms with Crippen molar-refractivity contribution in [2.24, 2.45) is 0 Å². The number of thiazole rings is 1. The molecule has 3 aromatic rings. The second kappa shape index (κ2) is 7.72. The third kappa shape index (κ3) is 3.98. The smallest absolute Gasteiger partial charge is 0.319 e. The summed E-state index contributed by atoms with van der Waals surface area (Å²) < 4.78 is 0. The SMILES string of the molecule is O=C(Nc1cccc(-c2nccs2)c1)N[C@H](CO)c1ccccc1. The van der Waals surface area contributed by atoms with E-state index in [1.807, 2.05) is 60.0 Å². The highest BCUT2D eigenvalue weighted by atomic mass is 32.1. The number of benzene rings is 2. The van der Waals surface area contributed by atoms with Gasteiger partial charge in [0.05, 0.1) is 12.6 Å². The van der Waals surface area contributed by atoms with Gasteiger partial charge in [0.1, 0.15) is 5.01 Å². The fourth-order valence-corrected chi connectivity index (χ4v) is 2.98. The van der Waals surface area contributed by atoms with Gasteiger partial charge in [-0.1, -0.05) is 42.5 Å². The van der Waals surface area contributed by atoms with Gasteiger partial charge in [0, 0.05) is 22.8 Å². The summed E-state index contributed by atoms with van der Waals surface area (Å²) in [5.41, 5.74) is 2.47. The molecule has 0 radical (unpaired) electrons. The lowest BCUT2D eigenvalue weighted by Gasteiger charge is -2.17. The van der Waals surface area contributed by atoms with Crippen molar-refractivity contribution in [1.29, 1.82) is 0 Å². The predicted octanol–water partition coefficient (Wildman–Crippen LogP) is 3.67. The van der Waals surface area contributed by atoms with Gasteiger partial charge in [-0.25, -0.2) is 9.78 Å². The molecular formula is C18H17N3O2S. The maximum absolute atomic E-state index is 12.2. The normalized spacial score (nSPS) is 11.7. The first kappa shape index (κ1) is 16.2. The van der Waals surface area contributed by atoms with Gasteiger partial charge in [-0.05, 0) is 17.7 Å². The largest absolute Gasteiger partial charge is 0.394 e. The summed E-state index contributed by atoms with van der Waals surface area (Å²) in [4.78, 5) is 16.5. The van der Waals surface area contributed by atoms with Gasteiger partial charge in [0.2, 0.25) is 0 Å². The Morgan fingerprint density at radius 2 is 2.00 bits per heavy atom. The van der Waals surface area contributed by atoms with Crippen LogP contribution in [0.2, 0.25) is 0 Å². The molecule has 1 atom stereocenters. The molecule has 0 aliphatic carbocycles. The summed E-state index contributed by atoms with van der Waals surface area (Å²) in [6.45, 7) is -0.170. The van der Waals surface area contributed by atoms with Crippen molar-refractivity contribution >= 4 is 23.1 Å². The molecule has 0 saturated carbocycles. The average molecular weight is 339 g/mol. The number of amides is 2. The molecule has 24 heavy (non-hydrogen) atoms. The molecule has 2 amide bonds. The standard InChI is InChI=1S/C18H17N3O2S/c22-12-16(13-5-2-1-3-6-13)21-18(23)20-15-8-4-7-14(11-15)17-19-9-10-24-17/h1-11,16,22H,12H2,(H2,20,21,23)/t16-/m1/s1. The molecule has 2 aromatic carbocycles. The highest BCUT2D eigenvalue weighted by molar-refractivity contribution is 7.13. The molecule has 0 saturated heterocycles. The van der Waals surface area contributed by atoms with Crippen LogP contribution < -0.4 is 10.6 Å². The Balaban J connectivity index is 1.67. The van der Waals surface area contributed by atoms with Crippen LogP contribution in [0.25, 0.3) is 10.6 Å². The zero-order valence-corrected chi connectivity index (χ0v) is 13.7. The number of carbonyl (C=O) groups is 1. The topological polar surface area (TPSA) is 74.2 Å². The summed E-state index contributed by atoms with van der Waals surface area (Å²) in [5, 5.41) is 17.9. The molecule has 0 bridgehead atoms. The Morgan fingerprint density at radius 1 is 1.17 bits per heavy atom. The van der Waals surface area contributed by atoms with Gasteiger partial charge in [-0.15, -0.1) is 11.3 Å². The third-order valence-corrected chi connectivity index (χ3v) is 4.31. The Morgan fingerprint density at radius 3 is 2.71 bits per heavy atom. The van der Waals surface area contributed by atoms with Gasteiger partial charge in [0.15, 0.2) is 0 Å². The van der Waals surface area contributed by atoms with Crippen molar-refractivity contribution in [1.82, 2.24) is 10.3 Å². The molecule has 0 spiro atoms. The molecular weight excluding hydrogens is 322 g/mol. The lowest BCUT2D eigenvalue weighted by Crippen LogP contribution is -2.34. The number of hydrogen-bond donors (Lipinski definition) is 3. The first-order chi connectivity index (χ1) is 11.8. The van der Waals surface area contributed by atoms with Gasteiger partial charge in [0.25, 0.3) is 0 Å². The summed E-state index contributed by atoms with van der Waals surface area (Å²) in [6.07, 6.45) is 1.75. The van der Waals surface area contributed by atoms with Crippen LogP contribution in [0, 0.1) is 0 Å². The van der Waals surface area contributed by atoms with E-state index in [4.69, 9.17) is 0 Å². The highest BCUT2D eigenvalue weighted by Gasteiger charge is 2.13. The van der Waals surface area contributed by atoms with Crippen LogP contribution >= 0.6 is 11.3 Å². The van der Waals surface area contributed by atoms with Crippen molar-refractivity contribution in [3.05, 3.63) is 71.7 Å². The summed E-state index contributed by atoms with van der Waals surface area (Å²) in [6, 6.07) is 16.0. The third-order valence-electron chi connectivity index (χ3n) is 3.49. The number of nitrogens with one attached hydrogen (secondary N) is 2. The fraction of sp³-hybridized carbons (Fsp3) is 0.111. The van der Waals surface area contributed by atoms with Crippen LogP contribution in [0.3, 0.4) is 0 Å². The van der Waals surface area contributed by atoms with Crippen molar-refractivity contribution in [3.63, 3.8) is 0 Å². The minimum Gasteiger partial charge on any atom is -0.394 e. The first-order valence-electron chi connectivity index (χ1n) is 7.49. The van der Waals surface area contributed by atoms with E-state index in [1.165, 1.54) is 0 Å². The maximum atomic E-state index is 12.2. The molecule has 6 heteroatoms. The molecule has 3 rings (SSSR count). The second-order valence-corrected chi connectivity index (χ2v) is 6.06. The Labute approximate surface area is 144 Å². The maximum Gasteiger partial charge on any atom is 0.319 e. The number of nitrogens with zero attached hydrogens (tertiary/aromatic N) is 1. The van der Waals surface area contributed by atoms with Crippen LogP contribution in [0.15, 0.2) is 66.2 Å². The number of aromatic nitrogens is 1. The van der Waals surface area contributed by atoms with Gasteiger partial charge < -0.3 is 15.7 Å². The van der Waals surface area contributed by atoms with E-state index >= 15 is 0 Å². The minimum atomic E-state index is -0.451. The summed E-state index contributed by atoms with van der Waals surface area (Å²) >= 11 is 1.54. The lowest BCUT2D eigenvalue weighted by molar-refractivity contribution is 0.225. The zero-order chi connectivity index (χ0) is 16.8. The molecule has 0 unspecified atom stereocenters. The minimum absolute atomic E-state index is 0.170. The van der Waals surface area contributed by atoms with Crippen molar-refractivity contribution in [2.75, 3.05) is 11.9 Å². The molecule has 0 aliphatic heterocycles. The number of urea groups is 1. The monoisotopic (exact) mass is 339 g/mol. The van der Waals surface area contributed by atoms with E-state index in [0.717, 1.165) is 16.1 Å². The van der Waals surface area contributed by atoms with Gasteiger partial charge in [-0.2, -0.15) is 0 Å². The fourth-order valence-electron chi connectivity index (χ4n) is 2.34. The zero-order valence-electron chi connectivity index (χ0n) is 12.8. The van der Waals surface area contributed by atoms with E-state index in [9.17, 15) is 9.90 Å². The molecule has 3 N–H and O–H groups in total. The Bertz CT molecular complexity index is 791. The van der Waals surface area contributed by atoms with Crippen LogP contribution in [-0.4, -0.2) is 22.7 Å². The Hall–Kier alpha value is -2.70. The van der Waals surface area contributed by atoms with E-state index in [1.54, 1.807) is 17.5 Å². The van der Waals surface area contributed by atoms with Crippen LogP contribution in [0.5, 0.6) is 0 Å². The molecule has 1 aromatic heterocycles. The quantitative estimate of drug-likeness (QED) is 0.664. The number of aliphatic hydroxyl groups is 1. The van der Waals surface area contributed by atoms with Crippen LogP contribution in [0.1, 0.15) is 11.6 Å². The predicted molar refractivity (Wildman–Crippen MR) is 96.0 cm³/mol. The van der Waals surface area contributed by atoms with E-state index in [0.29, 0.717) is 5.69 Å². The highest BCUT2D eigenvalue weighted by Crippen LogP contribution is 2.24. The van der Waals surface area contributed by atoms with E-state index in [2.05, 4.69) is 15.6 Å².